The van der Waals surface area contributed by atoms with E-state index in [9.17, 15) is 4.79 Å². The molecule has 0 bridgehead atoms. The summed E-state index contributed by atoms with van der Waals surface area (Å²) in [6, 6.07) is 5.69. The molecule has 1 heterocycles. The zero-order valence-electron chi connectivity index (χ0n) is 8.53. The van der Waals surface area contributed by atoms with Crippen molar-refractivity contribution in [3.63, 3.8) is 0 Å². The topological polar surface area (TPSA) is 66.0 Å². The maximum atomic E-state index is 11.3. The monoisotopic (exact) mass is 206 g/mol. The zero-order valence-corrected chi connectivity index (χ0v) is 8.53. The molecule has 0 atom stereocenters. The Morgan fingerprint density at radius 2 is 2.47 bits per heavy atom. The average Bonchev–Trinajstić information content (AvgIpc) is 2.74. The van der Waals surface area contributed by atoms with Gasteiger partial charge in [-0.05, 0) is 18.6 Å². The lowest BCUT2D eigenvalue weighted by Crippen LogP contribution is -2.24. The Labute approximate surface area is 88.9 Å². The van der Waals surface area contributed by atoms with Crippen LogP contribution < -0.4 is 5.32 Å². The van der Waals surface area contributed by atoms with Crippen molar-refractivity contribution in [1.29, 1.82) is 5.26 Å². The lowest BCUT2D eigenvalue weighted by Gasteiger charge is -2.01. The van der Waals surface area contributed by atoms with E-state index in [1.165, 1.54) is 0 Å². The fraction of sp³-hybridized carbons (Fsp3) is 0.455. The lowest BCUT2D eigenvalue weighted by molar-refractivity contribution is -0.121. The molecule has 0 aromatic carbocycles. The fourth-order valence-corrected chi connectivity index (χ4v) is 1.18. The van der Waals surface area contributed by atoms with Crippen molar-refractivity contribution in [3.05, 3.63) is 24.2 Å². The van der Waals surface area contributed by atoms with E-state index in [0.717, 1.165) is 5.76 Å². The second kappa shape index (κ2) is 6.66. The molecule has 0 aliphatic heterocycles. The molecular formula is C11H14N2O2. The van der Waals surface area contributed by atoms with Gasteiger partial charge in [0.1, 0.15) is 5.76 Å². The van der Waals surface area contributed by atoms with E-state index in [4.69, 9.17) is 9.68 Å². The first-order valence-corrected chi connectivity index (χ1v) is 4.99. The number of carbonyl (C=O) groups is 1. The normalized spacial score (nSPS) is 9.53. The van der Waals surface area contributed by atoms with Crippen LogP contribution in [0.25, 0.3) is 0 Å². The van der Waals surface area contributed by atoms with Gasteiger partial charge in [0.05, 0.1) is 12.3 Å². The molecule has 1 aromatic heterocycles. The minimum atomic E-state index is 0.00402. The number of nitrogens with zero attached hydrogens (tertiary/aromatic N) is 1. The van der Waals surface area contributed by atoms with E-state index in [0.29, 0.717) is 32.2 Å². The Bertz CT molecular complexity index is 325. The molecule has 80 valence electrons. The van der Waals surface area contributed by atoms with Crippen LogP contribution in [0.5, 0.6) is 0 Å². The highest BCUT2D eigenvalue weighted by molar-refractivity contribution is 5.75. The number of nitriles is 1. The minimum absolute atomic E-state index is 0.00402. The number of aryl methyl sites for hydroxylation is 1. The van der Waals surface area contributed by atoms with Gasteiger partial charge in [-0.1, -0.05) is 0 Å². The van der Waals surface area contributed by atoms with Crippen LogP contribution in [-0.2, 0) is 11.2 Å². The Hall–Kier alpha value is -1.76. The number of hydrogen-bond donors (Lipinski definition) is 1. The van der Waals surface area contributed by atoms with Gasteiger partial charge in [0.25, 0.3) is 0 Å². The third-order valence-electron chi connectivity index (χ3n) is 1.97. The van der Waals surface area contributed by atoms with E-state index < -0.39 is 0 Å². The van der Waals surface area contributed by atoms with Gasteiger partial charge in [-0.2, -0.15) is 5.26 Å². The van der Waals surface area contributed by atoms with Crippen molar-refractivity contribution >= 4 is 5.91 Å². The molecule has 0 aliphatic rings. The molecule has 0 saturated heterocycles. The molecule has 0 radical (unpaired) electrons. The number of rotatable bonds is 6. The van der Waals surface area contributed by atoms with Crippen LogP contribution >= 0.6 is 0 Å². The van der Waals surface area contributed by atoms with Gasteiger partial charge in [-0.3, -0.25) is 4.79 Å². The summed E-state index contributed by atoms with van der Waals surface area (Å²) < 4.78 is 5.10. The van der Waals surface area contributed by atoms with Crippen molar-refractivity contribution in [2.24, 2.45) is 0 Å². The molecule has 15 heavy (non-hydrogen) atoms. The molecule has 0 spiro atoms. The third-order valence-corrected chi connectivity index (χ3v) is 1.97. The Morgan fingerprint density at radius 1 is 1.60 bits per heavy atom. The van der Waals surface area contributed by atoms with Crippen LogP contribution in [0, 0.1) is 11.3 Å². The predicted molar refractivity (Wildman–Crippen MR) is 54.9 cm³/mol. The quantitative estimate of drug-likeness (QED) is 0.719. The van der Waals surface area contributed by atoms with Crippen LogP contribution in [-0.4, -0.2) is 12.5 Å². The summed E-state index contributed by atoms with van der Waals surface area (Å²) in [5, 5.41) is 11.0. The van der Waals surface area contributed by atoms with Crippen molar-refractivity contribution in [2.75, 3.05) is 6.54 Å². The zero-order chi connectivity index (χ0) is 10.9. The first-order chi connectivity index (χ1) is 7.33. The van der Waals surface area contributed by atoms with E-state index in [1.54, 1.807) is 12.3 Å². The first-order valence-electron chi connectivity index (χ1n) is 4.99. The maximum Gasteiger partial charge on any atom is 0.220 e. The Morgan fingerprint density at radius 3 is 3.13 bits per heavy atom. The van der Waals surface area contributed by atoms with E-state index in [2.05, 4.69) is 5.32 Å². The summed E-state index contributed by atoms with van der Waals surface area (Å²) >= 11 is 0. The van der Waals surface area contributed by atoms with Gasteiger partial charge in [-0.25, -0.2) is 0 Å². The standard InChI is InChI=1S/C11H14N2O2/c12-7-1-2-8-13-11(14)6-5-10-4-3-9-15-10/h3-4,9H,1-2,5-6,8H2,(H,13,14). The van der Waals surface area contributed by atoms with E-state index in [1.807, 2.05) is 12.1 Å². The molecule has 0 aliphatic carbocycles. The van der Waals surface area contributed by atoms with Gasteiger partial charge in [0.2, 0.25) is 5.91 Å². The van der Waals surface area contributed by atoms with Gasteiger partial charge >= 0.3 is 0 Å². The lowest BCUT2D eigenvalue weighted by atomic mass is 10.2. The molecule has 0 saturated carbocycles. The fourth-order valence-electron chi connectivity index (χ4n) is 1.18. The van der Waals surface area contributed by atoms with Crippen LogP contribution in [0.3, 0.4) is 0 Å². The number of nitrogens with one attached hydrogen (secondary N) is 1. The van der Waals surface area contributed by atoms with Crippen LogP contribution in [0.1, 0.15) is 25.0 Å². The molecule has 1 aromatic rings. The van der Waals surface area contributed by atoms with Crippen LogP contribution in [0.15, 0.2) is 22.8 Å². The van der Waals surface area contributed by atoms with Crippen LogP contribution in [0.2, 0.25) is 0 Å². The second-order valence-electron chi connectivity index (χ2n) is 3.19. The minimum Gasteiger partial charge on any atom is -0.469 e. The van der Waals surface area contributed by atoms with Crippen molar-refractivity contribution in [2.45, 2.75) is 25.7 Å². The highest BCUT2D eigenvalue weighted by atomic mass is 16.3. The number of unbranched alkanes of at least 4 members (excludes halogenated alkanes) is 1. The summed E-state index contributed by atoms with van der Waals surface area (Å²) in [6.07, 6.45) is 3.85. The van der Waals surface area contributed by atoms with E-state index in [-0.39, 0.29) is 5.91 Å². The summed E-state index contributed by atoms with van der Waals surface area (Å²) in [7, 11) is 0. The number of furan rings is 1. The van der Waals surface area contributed by atoms with Gasteiger partial charge in [0.15, 0.2) is 0 Å². The second-order valence-corrected chi connectivity index (χ2v) is 3.19. The molecule has 0 unspecified atom stereocenters. The van der Waals surface area contributed by atoms with Gasteiger partial charge in [0, 0.05) is 25.8 Å². The molecular weight excluding hydrogens is 192 g/mol. The number of amides is 1. The summed E-state index contributed by atoms with van der Waals surface area (Å²) in [5.74, 6) is 0.825. The molecule has 4 heteroatoms. The van der Waals surface area contributed by atoms with Crippen molar-refractivity contribution < 1.29 is 9.21 Å². The molecule has 1 amide bonds. The van der Waals surface area contributed by atoms with Crippen molar-refractivity contribution in [3.8, 4) is 6.07 Å². The highest BCUT2D eigenvalue weighted by Gasteiger charge is 2.02. The summed E-state index contributed by atoms with van der Waals surface area (Å²) in [5.41, 5.74) is 0. The number of hydrogen-bond acceptors (Lipinski definition) is 3. The van der Waals surface area contributed by atoms with Gasteiger partial charge < -0.3 is 9.73 Å². The summed E-state index contributed by atoms with van der Waals surface area (Å²) in [4.78, 5) is 11.3. The van der Waals surface area contributed by atoms with Gasteiger partial charge in [-0.15, -0.1) is 0 Å². The Balaban J connectivity index is 2.07. The largest absolute Gasteiger partial charge is 0.469 e. The maximum absolute atomic E-state index is 11.3. The van der Waals surface area contributed by atoms with Crippen LogP contribution in [0.4, 0.5) is 0 Å². The van der Waals surface area contributed by atoms with E-state index >= 15 is 0 Å². The Kier molecular flexibility index (Phi) is 5.02. The molecule has 0 fully saturated rings. The third kappa shape index (κ3) is 4.87. The number of carbonyl (C=O) groups excluding carboxylic acids is 1. The highest BCUT2D eigenvalue weighted by Crippen LogP contribution is 2.03. The smallest absolute Gasteiger partial charge is 0.220 e. The molecule has 1 rings (SSSR count). The summed E-state index contributed by atoms with van der Waals surface area (Å²) in [6.45, 7) is 0.574. The predicted octanol–water partition coefficient (Wildman–Crippen LogP) is 1.63. The SMILES string of the molecule is N#CCCCNC(=O)CCc1ccco1. The first kappa shape index (κ1) is 11.3. The van der Waals surface area contributed by atoms with Crippen molar-refractivity contribution in [1.82, 2.24) is 5.32 Å². The average molecular weight is 206 g/mol. The molecule has 4 nitrogen and oxygen atoms in total. The molecule has 1 N–H and O–H groups in total.